The minimum atomic E-state index is -0.961. The molecule has 1 aromatic carbocycles. The molecule has 0 N–H and O–H groups in total. The molecule has 1 aliphatic rings. The Labute approximate surface area is 163 Å². The maximum absolute atomic E-state index is 12.0. The molecule has 0 aliphatic carbocycles. The molecule has 0 radical (unpaired) electrons. The van der Waals surface area contributed by atoms with Gasteiger partial charge in [-0.15, -0.1) is 5.01 Å². The van der Waals surface area contributed by atoms with Crippen molar-refractivity contribution >= 4 is 11.4 Å². The van der Waals surface area contributed by atoms with Crippen LogP contribution in [0.3, 0.4) is 0 Å². The Balaban J connectivity index is 2.38. The van der Waals surface area contributed by atoms with E-state index in [2.05, 4.69) is 10.6 Å². The van der Waals surface area contributed by atoms with Crippen molar-refractivity contribution in [3.63, 3.8) is 0 Å². The molecule has 1 aromatic rings. The van der Waals surface area contributed by atoms with Gasteiger partial charge in [0.15, 0.2) is 0 Å². The van der Waals surface area contributed by atoms with Crippen LogP contribution in [0.2, 0.25) is 0 Å². The van der Waals surface area contributed by atoms with Crippen LogP contribution in [0.5, 0.6) is 11.5 Å². The Bertz CT molecular complexity index is 836. The molecular formula is C13H18N8O8. The van der Waals surface area contributed by atoms with Gasteiger partial charge in [-0.25, -0.2) is 0 Å². The minimum absolute atomic E-state index is 0.0220. The number of nitro groups is 2. The fourth-order valence-electron chi connectivity index (χ4n) is 2.30. The van der Waals surface area contributed by atoms with Gasteiger partial charge in [-0.3, -0.25) is 29.9 Å². The van der Waals surface area contributed by atoms with Gasteiger partial charge >= 0.3 is 11.4 Å². The van der Waals surface area contributed by atoms with Crippen molar-refractivity contribution in [3.05, 3.63) is 42.8 Å². The third kappa shape index (κ3) is 5.50. The van der Waals surface area contributed by atoms with Crippen LogP contribution in [-0.4, -0.2) is 57.0 Å². The Morgan fingerprint density at radius 3 is 1.90 bits per heavy atom. The van der Waals surface area contributed by atoms with Gasteiger partial charge in [0.25, 0.3) is 0 Å². The molecule has 1 saturated heterocycles. The van der Waals surface area contributed by atoms with Gasteiger partial charge in [-0.2, -0.15) is 5.01 Å². The lowest BCUT2D eigenvalue weighted by Crippen LogP contribution is -2.35. The van der Waals surface area contributed by atoms with Gasteiger partial charge in [0, 0.05) is 6.07 Å². The summed E-state index contributed by atoms with van der Waals surface area (Å²) in [5.74, 6) is -1.23. The van der Waals surface area contributed by atoms with Gasteiger partial charge in [-0.1, -0.05) is 0 Å². The second-order valence-corrected chi connectivity index (χ2v) is 6.01. The Hall–Kier alpha value is -3.98. The first kappa shape index (κ1) is 21.3. The van der Waals surface area contributed by atoms with Crippen molar-refractivity contribution in [1.29, 1.82) is 0 Å². The second kappa shape index (κ2) is 9.29. The molecule has 0 spiro atoms. The largest absolute Gasteiger partial charge is 0.569 e. The summed E-state index contributed by atoms with van der Waals surface area (Å²) in [6.07, 6.45) is 2.53. The van der Waals surface area contributed by atoms with Gasteiger partial charge in [0.2, 0.25) is 22.1 Å². The molecule has 16 nitrogen and oxygen atoms in total. The van der Waals surface area contributed by atoms with Crippen molar-refractivity contribution in [2.24, 2.45) is 10.6 Å². The van der Waals surface area contributed by atoms with Crippen LogP contribution < -0.4 is 9.68 Å². The number of hydrogen-bond acceptors (Lipinski definition) is 10. The molecule has 0 atom stereocenters. The molecule has 0 amide bonds. The maximum Gasteiger partial charge on any atom is 0.321 e. The monoisotopic (exact) mass is 414 g/mol. The highest BCUT2D eigenvalue weighted by Gasteiger charge is 2.29. The predicted octanol–water partition coefficient (Wildman–Crippen LogP) is 1.89. The van der Waals surface area contributed by atoms with Crippen LogP contribution in [0.15, 0.2) is 22.7 Å². The van der Waals surface area contributed by atoms with E-state index in [0.717, 1.165) is 30.3 Å². The van der Waals surface area contributed by atoms with Crippen LogP contribution >= 0.6 is 0 Å². The third-order valence-corrected chi connectivity index (χ3v) is 3.77. The first-order valence-electron chi connectivity index (χ1n) is 8.30. The van der Waals surface area contributed by atoms with Gasteiger partial charge in [-0.05, 0) is 19.3 Å². The number of rotatable bonds is 8. The summed E-state index contributed by atoms with van der Waals surface area (Å²) in [7, 11) is 2.67. The lowest BCUT2D eigenvalue weighted by Gasteiger charge is -2.21. The van der Waals surface area contributed by atoms with E-state index in [1.165, 1.54) is 19.1 Å². The number of hydrogen-bond donors (Lipinski definition) is 0. The van der Waals surface area contributed by atoms with Crippen LogP contribution in [0.25, 0.3) is 0 Å². The Kier molecular flexibility index (Phi) is 6.83. The fraction of sp³-hybridized carbons (Fsp3) is 0.538. The highest BCUT2D eigenvalue weighted by atomic mass is 16.7. The second-order valence-electron chi connectivity index (χ2n) is 6.01. The number of hydrazine groups is 2. The van der Waals surface area contributed by atoms with Gasteiger partial charge < -0.3 is 10.4 Å². The molecule has 0 bridgehead atoms. The van der Waals surface area contributed by atoms with Gasteiger partial charge in [0.1, 0.15) is 6.07 Å². The molecule has 1 aliphatic heterocycles. The minimum Gasteiger partial charge on any atom is -0.569 e. The van der Waals surface area contributed by atoms with E-state index >= 15 is 0 Å². The quantitative estimate of drug-likeness (QED) is 0.263. The molecule has 1 heterocycles. The van der Waals surface area contributed by atoms with Crippen molar-refractivity contribution < 1.29 is 29.5 Å². The highest BCUT2D eigenvalue weighted by molar-refractivity contribution is 5.61. The average molecular weight is 414 g/mol. The molecule has 29 heavy (non-hydrogen) atoms. The summed E-state index contributed by atoms with van der Waals surface area (Å²) < 4.78 is 0. The summed E-state index contributed by atoms with van der Waals surface area (Å²) in [4.78, 5) is 30.2. The fourth-order valence-corrected chi connectivity index (χ4v) is 2.30. The van der Waals surface area contributed by atoms with Crippen LogP contribution in [0, 0.1) is 30.6 Å². The molecule has 158 valence electrons. The van der Waals surface area contributed by atoms with Crippen molar-refractivity contribution in [1.82, 2.24) is 10.0 Å². The lowest BCUT2D eigenvalue weighted by molar-refractivity contribution is -0.708. The first-order chi connectivity index (χ1) is 13.7. The van der Waals surface area contributed by atoms with E-state index < -0.39 is 32.7 Å². The average Bonchev–Trinajstić information content (AvgIpc) is 2.69. The summed E-state index contributed by atoms with van der Waals surface area (Å²) in [6.45, 7) is 0.881. The molecule has 2 rings (SSSR count). The van der Waals surface area contributed by atoms with Crippen LogP contribution in [0.4, 0.5) is 11.4 Å². The summed E-state index contributed by atoms with van der Waals surface area (Å²) >= 11 is 0. The highest BCUT2D eigenvalue weighted by Crippen LogP contribution is 2.39. The van der Waals surface area contributed by atoms with Crippen molar-refractivity contribution in [2.45, 2.75) is 19.3 Å². The van der Waals surface area contributed by atoms with E-state index in [4.69, 9.17) is 9.68 Å². The molecule has 1 fully saturated rings. The predicted molar refractivity (Wildman–Crippen MR) is 92.2 cm³/mol. The standard InChI is InChI=1S/C13H18N8O8/c1-16(2)20(26)14-28-12-9-13(11(19(24)25)8-10(12)18(22)23)29-15-21(27)17-6-4-3-5-7-17/h8-9H,3-7H2,1-2H3/b20-14-,21-15-. The van der Waals surface area contributed by atoms with E-state index in [9.17, 15) is 30.6 Å². The third-order valence-electron chi connectivity index (χ3n) is 3.77. The Morgan fingerprint density at radius 1 is 0.897 bits per heavy atom. The first-order valence-corrected chi connectivity index (χ1v) is 8.30. The smallest absolute Gasteiger partial charge is 0.321 e. The van der Waals surface area contributed by atoms with E-state index in [1.807, 2.05) is 0 Å². The molecule has 0 aromatic heterocycles. The SMILES string of the molecule is CN(C)/[N+]([O-])=N/Oc1cc(O/N=[N+](\[O-])N2CCCCC2)c([N+](=O)[O-])cc1[N+](=O)[O-]. The van der Waals surface area contributed by atoms with Gasteiger partial charge in [0.05, 0.1) is 47.0 Å². The number of piperidine rings is 1. The molecule has 0 unspecified atom stereocenters. The molecular weight excluding hydrogens is 396 g/mol. The summed E-state index contributed by atoms with van der Waals surface area (Å²) in [5, 5.41) is 54.5. The molecule has 16 heteroatoms. The van der Waals surface area contributed by atoms with Crippen LogP contribution in [0.1, 0.15) is 19.3 Å². The summed E-state index contributed by atoms with van der Waals surface area (Å²) in [5.41, 5.74) is -1.67. The van der Waals surface area contributed by atoms with Crippen molar-refractivity contribution in [3.8, 4) is 11.5 Å². The lowest BCUT2D eigenvalue weighted by atomic mass is 10.2. The zero-order valence-corrected chi connectivity index (χ0v) is 15.5. The van der Waals surface area contributed by atoms with E-state index in [-0.39, 0.29) is 9.94 Å². The zero-order valence-electron chi connectivity index (χ0n) is 15.5. The molecule has 0 saturated carbocycles. The summed E-state index contributed by atoms with van der Waals surface area (Å²) in [6, 6.07) is 1.30. The topological polar surface area (TPSA) is 188 Å². The maximum atomic E-state index is 12.0. The van der Waals surface area contributed by atoms with Crippen LogP contribution in [-0.2, 0) is 0 Å². The zero-order chi connectivity index (χ0) is 21.6. The number of benzene rings is 1. The normalized spacial score (nSPS) is 15.0. The van der Waals surface area contributed by atoms with E-state index in [1.54, 1.807) is 0 Å². The van der Waals surface area contributed by atoms with Crippen molar-refractivity contribution in [2.75, 3.05) is 27.2 Å². The number of nitro benzene ring substituents is 2. The van der Waals surface area contributed by atoms with E-state index in [0.29, 0.717) is 19.2 Å². The number of nitrogens with zero attached hydrogens (tertiary/aromatic N) is 8. The Morgan fingerprint density at radius 2 is 1.41 bits per heavy atom.